The first-order valence-corrected chi connectivity index (χ1v) is 8.50. The van der Waals surface area contributed by atoms with Gasteiger partial charge in [-0.2, -0.15) is 0 Å². The van der Waals surface area contributed by atoms with Crippen LogP contribution in [0.3, 0.4) is 0 Å². The van der Waals surface area contributed by atoms with E-state index in [2.05, 4.69) is 22.5 Å². The minimum atomic E-state index is 0.445. The summed E-state index contributed by atoms with van der Waals surface area (Å²) in [4.78, 5) is 2.51. The number of hydrogen-bond acceptors (Lipinski definition) is 2. The number of thiocarbonyl (C=S) groups is 1. The third-order valence-electron chi connectivity index (χ3n) is 3.64. The summed E-state index contributed by atoms with van der Waals surface area (Å²) in [5, 5.41) is 8.25. The largest absolute Gasteiger partial charge is 0.360 e. The first kappa shape index (κ1) is 16.8. The van der Waals surface area contributed by atoms with Gasteiger partial charge >= 0.3 is 0 Å². The highest BCUT2D eigenvalue weighted by Gasteiger charge is 2.18. The highest BCUT2D eigenvalue weighted by molar-refractivity contribution is 7.80. The summed E-state index contributed by atoms with van der Waals surface area (Å²) in [6, 6.07) is 5.85. The molecule has 116 valence electrons. The lowest BCUT2D eigenvalue weighted by Crippen LogP contribution is -2.45. The Morgan fingerprint density at radius 1 is 1.29 bits per heavy atom. The van der Waals surface area contributed by atoms with Crippen molar-refractivity contribution >= 4 is 46.2 Å². The fourth-order valence-electron chi connectivity index (χ4n) is 2.54. The molecule has 0 radical (unpaired) electrons. The molecule has 0 amide bonds. The molecule has 1 aromatic rings. The van der Waals surface area contributed by atoms with Crippen molar-refractivity contribution in [3.63, 3.8) is 0 Å². The molecule has 0 atom stereocenters. The number of halogens is 2. The third-order valence-corrected chi connectivity index (χ3v) is 4.60. The summed E-state index contributed by atoms with van der Waals surface area (Å²) in [5.41, 5.74) is 0.852. The minimum Gasteiger partial charge on any atom is -0.360 e. The van der Waals surface area contributed by atoms with Crippen LogP contribution in [-0.2, 0) is 0 Å². The monoisotopic (exact) mass is 345 g/mol. The van der Waals surface area contributed by atoms with Gasteiger partial charge in [0.2, 0.25) is 0 Å². The van der Waals surface area contributed by atoms with E-state index in [0.29, 0.717) is 21.2 Å². The Labute approximate surface area is 142 Å². The van der Waals surface area contributed by atoms with Crippen LogP contribution in [0.15, 0.2) is 18.2 Å². The summed E-state index contributed by atoms with van der Waals surface area (Å²) < 4.78 is 0. The van der Waals surface area contributed by atoms with E-state index in [0.717, 1.165) is 31.6 Å². The van der Waals surface area contributed by atoms with Gasteiger partial charge in [-0.25, -0.2) is 0 Å². The highest BCUT2D eigenvalue weighted by atomic mass is 35.5. The van der Waals surface area contributed by atoms with E-state index in [1.54, 1.807) is 12.1 Å². The summed E-state index contributed by atoms with van der Waals surface area (Å²) >= 11 is 17.3. The van der Waals surface area contributed by atoms with Gasteiger partial charge in [-0.3, -0.25) is 0 Å². The molecule has 1 aliphatic heterocycles. The van der Waals surface area contributed by atoms with Crippen LogP contribution in [0.25, 0.3) is 0 Å². The van der Waals surface area contributed by atoms with Crippen molar-refractivity contribution < 1.29 is 0 Å². The van der Waals surface area contributed by atoms with Gasteiger partial charge in [0.25, 0.3) is 0 Å². The minimum absolute atomic E-state index is 0.445. The van der Waals surface area contributed by atoms with E-state index < -0.39 is 0 Å². The van der Waals surface area contributed by atoms with E-state index in [9.17, 15) is 0 Å². The fraction of sp³-hybridized carbons (Fsp3) is 0.533. The number of hydrogen-bond donors (Lipinski definition) is 2. The molecule has 6 heteroatoms. The standard InChI is InChI=1S/C15H21Cl2N3S/c1-2-7-20-8-5-11(6-9-20)18-15(21)19-12-3-4-13(16)14(17)10-12/h3-4,10-11H,2,5-9H2,1H3,(H2,18,19,21). The molecule has 0 unspecified atom stereocenters. The number of anilines is 1. The molecule has 1 aromatic carbocycles. The summed E-state index contributed by atoms with van der Waals surface area (Å²) in [6.07, 6.45) is 3.47. The Morgan fingerprint density at radius 2 is 2.00 bits per heavy atom. The quantitative estimate of drug-likeness (QED) is 0.801. The van der Waals surface area contributed by atoms with Crippen molar-refractivity contribution in [2.45, 2.75) is 32.2 Å². The zero-order chi connectivity index (χ0) is 15.2. The SMILES string of the molecule is CCCN1CCC(NC(=S)Nc2ccc(Cl)c(Cl)c2)CC1. The molecule has 2 rings (SSSR count). The van der Waals surface area contributed by atoms with E-state index >= 15 is 0 Å². The number of nitrogens with one attached hydrogen (secondary N) is 2. The van der Waals surface area contributed by atoms with Crippen LogP contribution in [0, 0.1) is 0 Å². The van der Waals surface area contributed by atoms with Crippen LogP contribution < -0.4 is 10.6 Å². The number of piperidine rings is 1. The Morgan fingerprint density at radius 3 is 2.62 bits per heavy atom. The average molecular weight is 346 g/mol. The van der Waals surface area contributed by atoms with Crippen LogP contribution in [0.5, 0.6) is 0 Å². The van der Waals surface area contributed by atoms with Gasteiger partial charge in [-0.1, -0.05) is 30.1 Å². The van der Waals surface area contributed by atoms with Crippen LogP contribution in [0.4, 0.5) is 5.69 Å². The first-order chi connectivity index (χ1) is 10.1. The molecule has 0 spiro atoms. The molecule has 2 N–H and O–H groups in total. The lowest BCUT2D eigenvalue weighted by atomic mass is 10.1. The summed E-state index contributed by atoms with van der Waals surface area (Å²) in [7, 11) is 0. The maximum absolute atomic E-state index is 5.99. The van der Waals surface area contributed by atoms with E-state index in [4.69, 9.17) is 35.4 Å². The maximum atomic E-state index is 5.99. The van der Waals surface area contributed by atoms with Crippen molar-refractivity contribution in [2.24, 2.45) is 0 Å². The molecular weight excluding hydrogens is 325 g/mol. The fourth-order valence-corrected chi connectivity index (χ4v) is 3.13. The van der Waals surface area contributed by atoms with Crippen LogP contribution in [0.2, 0.25) is 10.0 Å². The van der Waals surface area contributed by atoms with Crippen molar-refractivity contribution in [3.8, 4) is 0 Å². The van der Waals surface area contributed by atoms with Crippen molar-refractivity contribution in [1.29, 1.82) is 0 Å². The average Bonchev–Trinajstić information content (AvgIpc) is 2.45. The van der Waals surface area contributed by atoms with Crippen LogP contribution >= 0.6 is 35.4 Å². The van der Waals surface area contributed by atoms with Crippen molar-refractivity contribution in [3.05, 3.63) is 28.2 Å². The van der Waals surface area contributed by atoms with Gasteiger partial charge in [-0.15, -0.1) is 0 Å². The van der Waals surface area contributed by atoms with Gasteiger partial charge in [0.05, 0.1) is 10.0 Å². The number of nitrogens with zero attached hydrogens (tertiary/aromatic N) is 1. The van der Waals surface area contributed by atoms with E-state index in [1.807, 2.05) is 6.07 Å². The normalized spacial score (nSPS) is 16.7. The van der Waals surface area contributed by atoms with Gasteiger partial charge in [0.1, 0.15) is 0 Å². The lowest BCUT2D eigenvalue weighted by Gasteiger charge is -2.32. The topological polar surface area (TPSA) is 27.3 Å². The lowest BCUT2D eigenvalue weighted by molar-refractivity contribution is 0.207. The van der Waals surface area contributed by atoms with Gasteiger partial charge in [0.15, 0.2) is 5.11 Å². The second-order valence-electron chi connectivity index (χ2n) is 5.34. The summed E-state index contributed by atoms with van der Waals surface area (Å²) in [5.74, 6) is 0. The summed E-state index contributed by atoms with van der Waals surface area (Å²) in [6.45, 7) is 5.70. The Hall–Kier alpha value is -0.550. The second-order valence-corrected chi connectivity index (χ2v) is 6.57. The van der Waals surface area contributed by atoms with Crippen LogP contribution in [-0.4, -0.2) is 35.7 Å². The highest BCUT2D eigenvalue weighted by Crippen LogP contribution is 2.25. The molecule has 1 fully saturated rings. The number of likely N-dealkylation sites (tertiary alicyclic amines) is 1. The molecule has 1 saturated heterocycles. The predicted octanol–water partition coefficient (Wildman–Crippen LogP) is 4.15. The molecule has 0 saturated carbocycles. The second kappa shape index (κ2) is 8.18. The molecule has 0 bridgehead atoms. The van der Waals surface area contributed by atoms with Crippen LogP contribution in [0.1, 0.15) is 26.2 Å². The van der Waals surface area contributed by atoms with Gasteiger partial charge < -0.3 is 15.5 Å². The third kappa shape index (κ3) is 5.29. The number of rotatable bonds is 4. The molecule has 1 aliphatic rings. The number of benzene rings is 1. The van der Waals surface area contributed by atoms with E-state index in [-0.39, 0.29) is 0 Å². The van der Waals surface area contributed by atoms with Crippen molar-refractivity contribution in [1.82, 2.24) is 10.2 Å². The van der Waals surface area contributed by atoms with Gasteiger partial charge in [0, 0.05) is 24.8 Å². The molecule has 21 heavy (non-hydrogen) atoms. The zero-order valence-electron chi connectivity index (χ0n) is 12.2. The molecule has 3 nitrogen and oxygen atoms in total. The maximum Gasteiger partial charge on any atom is 0.170 e. The van der Waals surface area contributed by atoms with Gasteiger partial charge in [-0.05, 0) is 56.2 Å². The zero-order valence-corrected chi connectivity index (χ0v) is 14.5. The molecule has 0 aliphatic carbocycles. The first-order valence-electron chi connectivity index (χ1n) is 7.33. The molecular formula is C15H21Cl2N3S. The Bertz CT molecular complexity index is 488. The molecule has 1 heterocycles. The predicted molar refractivity (Wildman–Crippen MR) is 95.6 cm³/mol. The Balaban J connectivity index is 1.78. The smallest absolute Gasteiger partial charge is 0.170 e. The van der Waals surface area contributed by atoms with Crippen molar-refractivity contribution in [2.75, 3.05) is 25.0 Å². The Kier molecular flexibility index (Phi) is 6.55. The van der Waals surface area contributed by atoms with E-state index in [1.165, 1.54) is 13.0 Å². The molecule has 0 aromatic heterocycles.